The van der Waals surface area contributed by atoms with Crippen LogP contribution in [0, 0.1) is 0 Å². The van der Waals surface area contributed by atoms with Crippen LogP contribution >= 0.6 is 7.37 Å². The Hall–Kier alpha value is -1.20. The summed E-state index contributed by atoms with van der Waals surface area (Å²) in [4.78, 5) is 0. The van der Waals surface area contributed by atoms with Crippen molar-refractivity contribution in [3.8, 4) is 0 Å². The van der Waals surface area contributed by atoms with E-state index in [4.69, 9.17) is 9.26 Å². The molecule has 0 saturated carbocycles. The highest BCUT2D eigenvalue weighted by atomic mass is 31.2. The van der Waals surface area contributed by atoms with Crippen molar-refractivity contribution in [3.63, 3.8) is 0 Å². The molecule has 7 heteroatoms. The molecule has 0 spiro atoms. The van der Waals surface area contributed by atoms with Gasteiger partial charge in [0.25, 0.3) is 7.37 Å². The van der Waals surface area contributed by atoms with Gasteiger partial charge in [0.05, 0.1) is 6.61 Å². The lowest BCUT2D eigenvalue weighted by Crippen LogP contribution is -2.27. The van der Waals surface area contributed by atoms with Gasteiger partial charge in [-0.2, -0.15) is 5.10 Å². The number of hydrogen-bond donors (Lipinski definition) is 0. The fourth-order valence-corrected chi connectivity index (χ4v) is 5.19. The summed E-state index contributed by atoms with van der Waals surface area (Å²) in [5, 5.41) is 4.95. The van der Waals surface area contributed by atoms with Crippen molar-refractivity contribution in [2.45, 2.75) is 39.3 Å². The number of hydrogen-bond acceptors (Lipinski definition) is 4. The summed E-state index contributed by atoms with van der Waals surface area (Å²) in [7, 11) is -4.29. The Kier molecular flexibility index (Phi) is 6.58. The fraction of sp³-hybridized carbons (Fsp3) is 0.471. The molecule has 5 nitrogen and oxygen atoms in total. The fourth-order valence-electron chi connectivity index (χ4n) is 2.28. The lowest BCUT2D eigenvalue weighted by molar-refractivity contribution is 0.0805. The molecule has 0 fully saturated rings. The number of rotatable bonds is 9. The van der Waals surface area contributed by atoms with Crippen LogP contribution in [0.25, 0.3) is 0 Å². The third-order valence-corrected chi connectivity index (χ3v) is 7.90. The zero-order valence-corrected chi connectivity index (χ0v) is 16.8. The van der Waals surface area contributed by atoms with E-state index in [1.165, 1.54) is 0 Å². The van der Waals surface area contributed by atoms with Crippen molar-refractivity contribution < 1.29 is 13.8 Å². The maximum Gasteiger partial charge on any atom is 0.278 e. The van der Waals surface area contributed by atoms with E-state index < -0.39 is 15.4 Å². The van der Waals surface area contributed by atoms with Crippen molar-refractivity contribution >= 4 is 26.2 Å². The number of aromatic nitrogens is 2. The third kappa shape index (κ3) is 4.90. The highest BCUT2D eigenvalue weighted by Crippen LogP contribution is 2.44. The van der Waals surface area contributed by atoms with Crippen molar-refractivity contribution in [2.75, 3.05) is 13.2 Å². The molecule has 2 rings (SSSR count). The summed E-state index contributed by atoms with van der Waals surface area (Å²) in [6.07, 6.45) is 1.64. The van der Waals surface area contributed by atoms with Gasteiger partial charge in [-0.3, -0.25) is 4.57 Å². The van der Waals surface area contributed by atoms with Crippen LogP contribution in [0.15, 0.2) is 42.6 Å². The van der Waals surface area contributed by atoms with Crippen LogP contribution in [-0.2, 0) is 20.6 Å². The molecule has 2 aromatic rings. The van der Waals surface area contributed by atoms with E-state index in [1.54, 1.807) is 16.9 Å². The first kappa shape index (κ1) is 19.1. The second-order valence-electron chi connectivity index (χ2n) is 6.84. The summed E-state index contributed by atoms with van der Waals surface area (Å²) in [5.74, 6) is 0. The molecule has 1 aromatic heterocycles. The van der Waals surface area contributed by atoms with Crippen molar-refractivity contribution in [2.24, 2.45) is 0 Å². The molecular formula is C17H27N2O3PSi. The molecule has 0 radical (unpaired) electrons. The minimum Gasteiger partial charge on any atom is -0.360 e. The summed E-state index contributed by atoms with van der Waals surface area (Å²) >= 11 is 0. The lowest BCUT2D eigenvalue weighted by Gasteiger charge is -2.20. The predicted octanol–water partition coefficient (Wildman–Crippen LogP) is 3.46. The molecule has 132 valence electrons. The largest absolute Gasteiger partial charge is 0.360 e. The van der Waals surface area contributed by atoms with Gasteiger partial charge in [0, 0.05) is 26.2 Å². The monoisotopic (exact) mass is 366 g/mol. The van der Waals surface area contributed by atoms with Gasteiger partial charge in [0.2, 0.25) is 0 Å². The van der Waals surface area contributed by atoms with Crippen LogP contribution < -0.4 is 10.7 Å². The molecule has 0 aliphatic carbocycles. The van der Waals surface area contributed by atoms with Crippen LogP contribution in [0.1, 0.15) is 6.92 Å². The Labute approximate surface area is 145 Å². The molecule has 1 atom stereocenters. The molecule has 0 saturated heterocycles. The molecular weight excluding hydrogens is 339 g/mol. The third-order valence-electron chi connectivity index (χ3n) is 3.61. The Morgan fingerprint density at radius 2 is 1.88 bits per heavy atom. The van der Waals surface area contributed by atoms with Crippen LogP contribution in [0.2, 0.25) is 25.7 Å². The summed E-state index contributed by atoms with van der Waals surface area (Å²) in [6, 6.07) is 12.1. The lowest BCUT2D eigenvalue weighted by atomic mass is 10.4. The highest BCUT2D eigenvalue weighted by Gasteiger charge is 2.31. The quantitative estimate of drug-likeness (QED) is 0.387. The first-order valence-electron chi connectivity index (χ1n) is 8.27. The molecule has 0 bridgehead atoms. The van der Waals surface area contributed by atoms with Gasteiger partial charge >= 0.3 is 0 Å². The second-order valence-corrected chi connectivity index (χ2v) is 14.8. The first-order valence-corrected chi connectivity index (χ1v) is 13.6. The standard InChI is InChI=1S/C17H27N2O3PSi/c1-5-22-23(20,16-9-7-6-8-10-16)17-11-12-18-19(17)15-21-13-14-24(2,3)4/h6-12H,5,13-15H2,1-4H3. The van der Waals surface area contributed by atoms with Crippen LogP contribution in [0.4, 0.5) is 0 Å². The molecule has 1 unspecified atom stereocenters. The van der Waals surface area contributed by atoms with Crippen molar-refractivity contribution in [1.82, 2.24) is 9.78 Å². The van der Waals surface area contributed by atoms with Crippen molar-refractivity contribution in [1.29, 1.82) is 0 Å². The maximum absolute atomic E-state index is 13.6. The molecule has 1 heterocycles. The van der Waals surface area contributed by atoms with Gasteiger partial charge in [-0.1, -0.05) is 37.8 Å². The molecule has 0 N–H and O–H groups in total. The molecule has 0 aliphatic rings. The smallest absolute Gasteiger partial charge is 0.278 e. The Morgan fingerprint density at radius 3 is 2.50 bits per heavy atom. The predicted molar refractivity (Wildman–Crippen MR) is 101 cm³/mol. The van der Waals surface area contributed by atoms with Gasteiger partial charge in [0.1, 0.15) is 12.2 Å². The van der Waals surface area contributed by atoms with E-state index >= 15 is 0 Å². The van der Waals surface area contributed by atoms with E-state index in [2.05, 4.69) is 24.7 Å². The van der Waals surface area contributed by atoms with E-state index in [1.807, 2.05) is 37.3 Å². The zero-order chi connectivity index (χ0) is 17.6. The van der Waals surface area contributed by atoms with Crippen LogP contribution in [0.3, 0.4) is 0 Å². The molecule has 24 heavy (non-hydrogen) atoms. The maximum atomic E-state index is 13.6. The second kappa shape index (κ2) is 8.25. The van der Waals surface area contributed by atoms with E-state index in [0.29, 0.717) is 24.0 Å². The van der Waals surface area contributed by atoms with Crippen LogP contribution in [0.5, 0.6) is 0 Å². The van der Waals surface area contributed by atoms with Gasteiger partial charge in [-0.05, 0) is 31.2 Å². The Morgan fingerprint density at radius 1 is 1.17 bits per heavy atom. The summed E-state index contributed by atoms with van der Waals surface area (Å²) < 4.78 is 26.7. The summed E-state index contributed by atoms with van der Waals surface area (Å²) in [6.45, 7) is 10.1. The van der Waals surface area contributed by atoms with Gasteiger partial charge in [0.15, 0.2) is 0 Å². The first-order chi connectivity index (χ1) is 11.4. The molecule has 1 aromatic carbocycles. The topological polar surface area (TPSA) is 53.3 Å². The molecule has 0 amide bonds. The number of nitrogens with zero attached hydrogens (tertiary/aromatic N) is 2. The minimum absolute atomic E-state index is 0.288. The average Bonchev–Trinajstić information content (AvgIpc) is 3.01. The van der Waals surface area contributed by atoms with Crippen LogP contribution in [-0.4, -0.2) is 31.1 Å². The summed E-state index contributed by atoms with van der Waals surface area (Å²) in [5.41, 5.74) is 0.573. The van der Waals surface area contributed by atoms with E-state index in [-0.39, 0.29) is 6.73 Å². The van der Waals surface area contributed by atoms with Crippen molar-refractivity contribution in [3.05, 3.63) is 42.6 Å². The normalized spacial score (nSPS) is 14.5. The van der Waals surface area contributed by atoms with Gasteiger partial charge in [-0.15, -0.1) is 0 Å². The zero-order valence-electron chi connectivity index (χ0n) is 14.9. The highest BCUT2D eigenvalue weighted by molar-refractivity contribution is 7.74. The van der Waals surface area contributed by atoms with E-state index in [9.17, 15) is 4.57 Å². The van der Waals surface area contributed by atoms with E-state index in [0.717, 1.165) is 6.04 Å². The SMILES string of the molecule is CCOP(=O)(c1ccccc1)c1ccnn1COCC[Si](C)(C)C. The average molecular weight is 366 g/mol. The van der Waals surface area contributed by atoms with Gasteiger partial charge in [-0.25, -0.2) is 4.68 Å². The number of benzene rings is 1. The Balaban J connectivity index is 2.18. The molecule has 0 aliphatic heterocycles. The number of ether oxygens (including phenoxy) is 1. The Bertz CT molecular complexity index is 683. The minimum atomic E-state index is -3.17. The van der Waals surface area contributed by atoms with Gasteiger partial charge < -0.3 is 9.26 Å².